The fourth-order valence-corrected chi connectivity index (χ4v) is 2.78. The second kappa shape index (κ2) is 5.10. The summed E-state index contributed by atoms with van der Waals surface area (Å²) >= 11 is 0. The lowest BCUT2D eigenvalue weighted by Gasteiger charge is -2.18. The fraction of sp³-hybridized carbons (Fsp3) is 0.294. The minimum absolute atomic E-state index is 0.0665. The van der Waals surface area contributed by atoms with Crippen LogP contribution in [0, 0.1) is 13.0 Å². The molecule has 0 spiro atoms. The van der Waals surface area contributed by atoms with Gasteiger partial charge in [-0.25, -0.2) is 0 Å². The molecule has 1 nitrogen and oxygen atoms in total. The van der Waals surface area contributed by atoms with Crippen molar-refractivity contribution in [3.8, 4) is 0 Å². The van der Waals surface area contributed by atoms with Crippen LogP contribution in [0.4, 0.5) is 18.9 Å². The van der Waals surface area contributed by atoms with E-state index in [4.69, 9.17) is 0 Å². The number of hydrogen-bond acceptors (Lipinski definition) is 1. The Hall–Kier alpha value is -1.97. The summed E-state index contributed by atoms with van der Waals surface area (Å²) in [6.07, 6.45) is -2.49. The Bertz CT molecular complexity index is 661. The van der Waals surface area contributed by atoms with Crippen molar-refractivity contribution in [1.82, 2.24) is 0 Å². The van der Waals surface area contributed by atoms with E-state index >= 15 is 0 Å². The highest BCUT2D eigenvalue weighted by Gasteiger charge is 2.31. The van der Waals surface area contributed by atoms with E-state index in [1.54, 1.807) is 6.92 Å². The maximum absolute atomic E-state index is 12.8. The van der Waals surface area contributed by atoms with Crippen molar-refractivity contribution in [2.24, 2.45) is 0 Å². The van der Waals surface area contributed by atoms with E-state index in [2.05, 4.69) is 17.4 Å². The third-order valence-electron chi connectivity index (χ3n) is 3.94. The van der Waals surface area contributed by atoms with Gasteiger partial charge in [0.1, 0.15) is 0 Å². The first kappa shape index (κ1) is 14.0. The van der Waals surface area contributed by atoms with E-state index in [0.29, 0.717) is 11.3 Å². The Morgan fingerprint density at radius 2 is 2.00 bits per heavy atom. The summed E-state index contributed by atoms with van der Waals surface area (Å²) in [5.41, 5.74) is 2.98. The molecule has 0 aromatic heterocycles. The molecule has 3 rings (SSSR count). The molecule has 1 atom stereocenters. The van der Waals surface area contributed by atoms with Crippen molar-refractivity contribution in [2.75, 3.05) is 5.32 Å². The summed E-state index contributed by atoms with van der Waals surface area (Å²) in [4.78, 5) is 0. The van der Waals surface area contributed by atoms with Gasteiger partial charge in [0.2, 0.25) is 0 Å². The van der Waals surface area contributed by atoms with Gasteiger partial charge in [0.25, 0.3) is 0 Å². The van der Waals surface area contributed by atoms with Crippen LogP contribution < -0.4 is 5.32 Å². The molecule has 2 aromatic rings. The van der Waals surface area contributed by atoms with Gasteiger partial charge in [0, 0.05) is 5.69 Å². The maximum atomic E-state index is 12.8. The molecule has 1 N–H and O–H groups in total. The number of alkyl halides is 3. The van der Waals surface area contributed by atoms with E-state index in [0.717, 1.165) is 18.9 Å². The van der Waals surface area contributed by atoms with Crippen LogP contribution in [0.1, 0.15) is 34.7 Å². The quantitative estimate of drug-likeness (QED) is 0.828. The Balaban J connectivity index is 1.89. The minimum atomic E-state index is -4.34. The highest BCUT2D eigenvalue weighted by molar-refractivity contribution is 5.55. The lowest BCUT2D eigenvalue weighted by atomic mass is 10.1. The summed E-state index contributed by atoms with van der Waals surface area (Å²) in [5.74, 6) is 0. The molecule has 0 bridgehead atoms. The first-order chi connectivity index (χ1) is 9.95. The lowest BCUT2D eigenvalue weighted by molar-refractivity contribution is -0.137. The molecule has 0 saturated carbocycles. The summed E-state index contributed by atoms with van der Waals surface area (Å²) < 4.78 is 38.4. The maximum Gasteiger partial charge on any atom is 0.416 e. The Labute approximate surface area is 121 Å². The van der Waals surface area contributed by atoms with Crippen LogP contribution in [-0.2, 0) is 12.6 Å². The zero-order valence-electron chi connectivity index (χ0n) is 11.6. The average molecular weight is 290 g/mol. The van der Waals surface area contributed by atoms with E-state index in [9.17, 15) is 13.2 Å². The predicted molar refractivity (Wildman–Crippen MR) is 76.1 cm³/mol. The van der Waals surface area contributed by atoms with Crippen molar-refractivity contribution in [2.45, 2.75) is 32.0 Å². The second-order valence-corrected chi connectivity index (χ2v) is 5.36. The number of rotatable bonds is 2. The van der Waals surface area contributed by atoms with Gasteiger partial charge in [-0.1, -0.05) is 24.3 Å². The molecule has 0 fully saturated rings. The lowest BCUT2D eigenvalue weighted by Crippen LogP contribution is -2.11. The second-order valence-electron chi connectivity index (χ2n) is 5.36. The summed E-state index contributed by atoms with van der Waals surface area (Å²) in [6, 6.07) is 13.0. The average Bonchev–Trinajstić information content (AvgIpc) is 2.83. The molecule has 2 aromatic carbocycles. The molecule has 21 heavy (non-hydrogen) atoms. The number of aryl methyl sites for hydroxylation is 2. The first-order valence-corrected chi connectivity index (χ1v) is 6.89. The van der Waals surface area contributed by atoms with Crippen LogP contribution in [0.25, 0.3) is 0 Å². The van der Waals surface area contributed by atoms with Gasteiger partial charge in [-0.05, 0) is 54.7 Å². The largest absolute Gasteiger partial charge is 0.416 e. The SMILES string of the molecule is Cc1[c]cc(C(F)(F)F)cc1NC1CCc2ccccc21. The van der Waals surface area contributed by atoms with Gasteiger partial charge in [-0.2, -0.15) is 13.2 Å². The van der Waals surface area contributed by atoms with Crippen LogP contribution in [0.5, 0.6) is 0 Å². The summed E-state index contributed by atoms with van der Waals surface area (Å²) in [7, 11) is 0. The van der Waals surface area contributed by atoms with Gasteiger partial charge in [0.05, 0.1) is 11.6 Å². The molecule has 0 aliphatic heterocycles. The first-order valence-electron chi connectivity index (χ1n) is 6.89. The normalized spacial score (nSPS) is 17.6. The third kappa shape index (κ3) is 2.75. The third-order valence-corrected chi connectivity index (χ3v) is 3.94. The fourth-order valence-electron chi connectivity index (χ4n) is 2.78. The van der Waals surface area contributed by atoms with E-state index < -0.39 is 11.7 Å². The molecular formula is C17H15F3N. The van der Waals surface area contributed by atoms with Gasteiger partial charge in [-0.3, -0.25) is 0 Å². The molecule has 1 aliphatic rings. The van der Waals surface area contributed by atoms with Crippen LogP contribution in [-0.4, -0.2) is 0 Å². The van der Waals surface area contributed by atoms with E-state index in [1.165, 1.54) is 17.2 Å². The highest BCUT2D eigenvalue weighted by atomic mass is 19.4. The number of fused-ring (bicyclic) bond motifs is 1. The Morgan fingerprint density at radius 3 is 2.76 bits per heavy atom. The van der Waals surface area contributed by atoms with E-state index in [1.807, 2.05) is 18.2 Å². The molecule has 0 heterocycles. The van der Waals surface area contributed by atoms with Crippen molar-refractivity contribution < 1.29 is 13.2 Å². The van der Waals surface area contributed by atoms with Crippen molar-refractivity contribution >= 4 is 5.69 Å². The minimum Gasteiger partial charge on any atom is -0.378 e. The Morgan fingerprint density at radius 1 is 1.24 bits per heavy atom. The molecule has 0 amide bonds. The smallest absolute Gasteiger partial charge is 0.378 e. The molecule has 4 heteroatoms. The zero-order valence-corrected chi connectivity index (χ0v) is 11.6. The topological polar surface area (TPSA) is 12.0 Å². The monoisotopic (exact) mass is 290 g/mol. The number of benzene rings is 2. The zero-order chi connectivity index (χ0) is 15.0. The van der Waals surface area contributed by atoms with Gasteiger partial charge in [-0.15, -0.1) is 0 Å². The number of hydrogen-bond donors (Lipinski definition) is 1. The summed E-state index contributed by atoms with van der Waals surface area (Å²) in [5, 5.41) is 3.25. The standard InChI is InChI=1S/C17H15F3N/c1-11-6-8-13(17(18,19)20)10-16(11)21-15-9-7-12-4-2-3-5-14(12)15/h2-5,8,10,15,21H,7,9H2,1H3. The number of nitrogens with one attached hydrogen (secondary N) is 1. The Kier molecular flexibility index (Phi) is 3.40. The van der Waals surface area contributed by atoms with Crippen LogP contribution >= 0.6 is 0 Å². The van der Waals surface area contributed by atoms with Crippen LogP contribution in [0.15, 0.2) is 36.4 Å². The van der Waals surface area contributed by atoms with E-state index in [-0.39, 0.29) is 6.04 Å². The summed E-state index contributed by atoms with van der Waals surface area (Å²) in [6.45, 7) is 1.77. The van der Waals surface area contributed by atoms with Crippen molar-refractivity contribution in [1.29, 1.82) is 0 Å². The van der Waals surface area contributed by atoms with Crippen LogP contribution in [0.2, 0.25) is 0 Å². The molecule has 1 radical (unpaired) electrons. The molecule has 1 aliphatic carbocycles. The van der Waals surface area contributed by atoms with Gasteiger partial charge in [0.15, 0.2) is 0 Å². The molecular weight excluding hydrogens is 275 g/mol. The molecule has 109 valence electrons. The molecule has 1 unspecified atom stereocenters. The van der Waals surface area contributed by atoms with Gasteiger partial charge >= 0.3 is 6.18 Å². The van der Waals surface area contributed by atoms with Crippen molar-refractivity contribution in [3.63, 3.8) is 0 Å². The van der Waals surface area contributed by atoms with Crippen molar-refractivity contribution in [3.05, 3.63) is 64.7 Å². The van der Waals surface area contributed by atoms with Gasteiger partial charge < -0.3 is 5.32 Å². The molecule has 0 saturated heterocycles. The van der Waals surface area contributed by atoms with Crippen LogP contribution in [0.3, 0.4) is 0 Å². The predicted octanol–water partition coefficient (Wildman–Crippen LogP) is 4.91. The number of anilines is 1. The highest BCUT2D eigenvalue weighted by Crippen LogP contribution is 2.36. The number of halogens is 3.